The van der Waals surface area contributed by atoms with Gasteiger partial charge in [-0.15, -0.1) is 0 Å². The third kappa shape index (κ3) is 5.43. The molecule has 0 radical (unpaired) electrons. The fourth-order valence-electron chi connectivity index (χ4n) is 2.48. The van der Waals surface area contributed by atoms with Gasteiger partial charge in [0.1, 0.15) is 11.4 Å². The smallest absolute Gasteiger partial charge is 0.270 e. The summed E-state index contributed by atoms with van der Waals surface area (Å²) in [6.07, 6.45) is 2.23. The van der Waals surface area contributed by atoms with Crippen molar-refractivity contribution in [1.29, 1.82) is 0 Å². The van der Waals surface area contributed by atoms with Crippen molar-refractivity contribution in [2.24, 2.45) is 0 Å². The van der Waals surface area contributed by atoms with E-state index in [4.69, 9.17) is 16.3 Å². The minimum absolute atomic E-state index is 0.256. The molecule has 0 saturated heterocycles. The standard InChI is InChI=1S/C20H19ClN4O2/c1-27-17-7-3-6-16(13-17)24-20-23-11-9-18(25-20)19(26)22-10-8-14-4-2-5-15(21)12-14/h2-7,9,11-13H,8,10H2,1H3,(H,22,26)(H,23,24,25). The third-order valence-electron chi connectivity index (χ3n) is 3.80. The molecule has 2 aromatic carbocycles. The highest BCUT2D eigenvalue weighted by Gasteiger charge is 2.09. The fourth-order valence-corrected chi connectivity index (χ4v) is 2.69. The number of halogens is 1. The van der Waals surface area contributed by atoms with E-state index in [-0.39, 0.29) is 5.91 Å². The van der Waals surface area contributed by atoms with E-state index in [9.17, 15) is 4.79 Å². The molecule has 1 aromatic heterocycles. The number of methoxy groups -OCH3 is 1. The van der Waals surface area contributed by atoms with Crippen molar-refractivity contribution in [3.05, 3.63) is 77.1 Å². The molecular weight excluding hydrogens is 364 g/mol. The Morgan fingerprint density at radius 1 is 1.15 bits per heavy atom. The maximum Gasteiger partial charge on any atom is 0.270 e. The molecular formula is C20H19ClN4O2. The number of hydrogen-bond acceptors (Lipinski definition) is 5. The van der Waals surface area contributed by atoms with Gasteiger partial charge in [-0.3, -0.25) is 4.79 Å². The van der Waals surface area contributed by atoms with Crippen molar-refractivity contribution in [2.45, 2.75) is 6.42 Å². The number of ether oxygens (including phenoxy) is 1. The average molecular weight is 383 g/mol. The van der Waals surface area contributed by atoms with Crippen LogP contribution in [0, 0.1) is 0 Å². The number of aromatic nitrogens is 2. The van der Waals surface area contributed by atoms with Gasteiger partial charge in [-0.25, -0.2) is 9.97 Å². The van der Waals surface area contributed by atoms with Crippen LogP contribution >= 0.6 is 11.6 Å². The van der Waals surface area contributed by atoms with E-state index in [1.165, 1.54) is 0 Å². The zero-order chi connectivity index (χ0) is 19.1. The summed E-state index contributed by atoms with van der Waals surface area (Å²) in [5, 5.41) is 6.60. The summed E-state index contributed by atoms with van der Waals surface area (Å²) >= 11 is 5.97. The summed E-state index contributed by atoms with van der Waals surface area (Å²) in [6, 6.07) is 16.5. The summed E-state index contributed by atoms with van der Waals surface area (Å²) in [7, 11) is 1.60. The molecule has 0 aliphatic carbocycles. The maximum absolute atomic E-state index is 12.3. The Labute approximate surface area is 162 Å². The van der Waals surface area contributed by atoms with E-state index in [2.05, 4.69) is 20.6 Å². The van der Waals surface area contributed by atoms with Crippen molar-refractivity contribution in [3.8, 4) is 5.75 Å². The summed E-state index contributed by atoms with van der Waals surface area (Å²) in [5.41, 5.74) is 2.13. The number of benzene rings is 2. The monoisotopic (exact) mass is 382 g/mol. The first kappa shape index (κ1) is 18.7. The lowest BCUT2D eigenvalue weighted by molar-refractivity contribution is 0.0949. The molecule has 1 amide bonds. The number of nitrogens with one attached hydrogen (secondary N) is 2. The first-order valence-electron chi connectivity index (χ1n) is 8.41. The Morgan fingerprint density at radius 3 is 2.81 bits per heavy atom. The Bertz CT molecular complexity index is 933. The van der Waals surface area contributed by atoms with Crippen molar-refractivity contribution >= 4 is 29.1 Å². The van der Waals surface area contributed by atoms with E-state index in [1.807, 2.05) is 48.5 Å². The molecule has 6 nitrogen and oxygen atoms in total. The maximum atomic E-state index is 12.3. The quantitative estimate of drug-likeness (QED) is 0.649. The second-order valence-corrected chi connectivity index (χ2v) is 6.19. The van der Waals surface area contributed by atoms with Crippen LogP contribution in [-0.2, 0) is 6.42 Å². The summed E-state index contributed by atoms with van der Waals surface area (Å²) < 4.78 is 5.19. The molecule has 0 fully saturated rings. The van der Waals surface area contributed by atoms with Gasteiger partial charge < -0.3 is 15.4 Å². The molecule has 7 heteroatoms. The Balaban J connectivity index is 1.59. The van der Waals surface area contributed by atoms with Gasteiger partial charge in [-0.1, -0.05) is 29.8 Å². The van der Waals surface area contributed by atoms with Crippen LogP contribution in [0.15, 0.2) is 60.8 Å². The van der Waals surface area contributed by atoms with Crippen LogP contribution in [0.1, 0.15) is 16.1 Å². The zero-order valence-electron chi connectivity index (χ0n) is 14.8. The molecule has 0 saturated carbocycles. The van der Waals surface area contributed by atoms with Gasteiger partial charge in [-0.05, 0) is 42.3 Å². The molecule has 0 atom stereocenters. The minimum atomic E-state index is -0.256. The van der Waals surface area contributed by atoms with Gasteiger partial charge in [0, 0.05) is 29.5 Å². The molecule has 0 bridgehead atoms. The van der Waals surface area contributed by atoms with Crippen LogP contribution in [0.2, 0.25) is 5.02 Å². The minimum Gasteiger partial charge on any atom is -0.497 e. The number of nitrogens with zero attached hydrogens (tertiary/aromatic N) is 2. The van der Waals surface area contributed by atoms with E-state index < -0.39 is 0 Å². The van der Waals surface area contributed by atoms with Gasteiger partial charge in [0.25, 0.3) is 5.91 Å². The second kappa shape index (κ2) is 9.00. The van der Waals surface area contributed by atoms with Gasteiger partial charge in [0.05, 0.1) is 7.11 Å². The Morgan fingerprint density at radius 2 is 2.00 bits per heavy atom. The van der Waals surface area contributed by atoms with E-state index in [0.717, 1.165) is 17.0 Å². The summed E-state index contributed by atoms with van der Waals surface area (Å²) in [4.78, 5) is 20.8. The molecule has 27 heavy (non-hydrogen) atoms. The molecule has 0 unspecified atom stereocenters. The van der Waals surface area contributed by atoms with E-state index in [1.54, 1.807) is 19.4 Å². The Hall–Kier alpha value is -3.12. The Kier molecular flexibility index (Phi) is 6.22. The molecule has 138 valence electrons. The fraction of sp³-hybridized carbons (Fsp3) is 0.150. The molecule has 0 aliphatic rings. The van der Waals surface area contributed by atoms with Gasteiger partial charge in [0.2, 0.25) is 5.95 Å². The van der Waals surface area contributed by atoms with E-state index >= 15 is 0 Å². The SMILES string of the molecule is COc1cccc(Nc2nccc(C(=O)NCCc3cccc(Cl)c3)n2)c1. The van der Waals surface area contributed by atoms with Crippen molar-refractivity contribution < 1.29 is 9.53 Å². The molecule has 3 aromatic rings. The van der Waals surface area contributed by atoms with Crippen LogP contribution in [0.25, 0.3) is 0 Å². The number of amides is 1. The first-order chi connectivity index (χ1) is 13.1. The largest absolute Gasteiger partial charge is 0.497 e. The van der Waals surface area contributed by atoms with Crippen LogP contribution in [0.3, 0.4) is 0 Å². The second-order valence-electron chi connectivity index (χ2n) is 5.76. The molecule has 1 heterocycles. The lowest BCUT2D eigenvalue weighted by atomic mass is 10.1. The van der Waals surface area contributed by atoms with Crippen LogP contribution in [0.4, 0.5) is 11.6 Å². The number of anilines is 2. The molecule has 2 N–H and O–H groups in total. The highest BCUT2D eigenvalue weighted by Crippen LogP contribution is 2.19. The number of hydrogen-bond donors (Lipinski definition) is 2. The lowest BCUT2D eigenvalue weighted by Gasteiger charge is -2.08. The topological polar surface area (TPSA) is 76.1 Å². The van der Waals surface area contributed by atoms with Crippen LogP contribution < -0.4 is 15.4 Å². The predicted molar refractivity (Wildman–Crippen MR) is 106 cm³/mol. The molecule has 3 rings (SSSR count). The van der Waals surface area contributed by atoms with Crippen molar-refractivity contribution in [2.75, 3.05) is 19.0 Å². The van der Waals surface area contributed by atoms with Crippen molar-refractivity contribution in [1.82, 2.24) is 15.3 Å². The first-order valence-corrected chi connectivity index (χ1v) is 8.78. The number of rotatable bonds is 7. The molecule has 0 spiro atoms. The highest BCUT2D eigenvalue weighted by molar-refractivity contribution is 6.30. The normalized spacial score (nSPS) is 10.3. The predicted octanol–water partition coefficient (Wildman–Crippen LogP) is 3.85. The van der Waals surface area contributed by atoms with E-state index in [0.29, 0.717) is 29.6 Å². The third-order valence-corrected chi connectivity index (χ3v) is 4.04. The average Bonchev–Trinajstić information content (AvgIpc) is 2.68. The van der Waals surface area contributed by atoms with Gasteiger partial charge >= 0.3 is 0 Å². The van der Waals surface area contributed by atoms with Crippen LogP contribution in [-0.4, -0.2) is 29.5 Å². The van der Waals surface area contributed by atoms with Gasteiger partial charge in [0.15, 0.2) is 0 Å². The number of carbonyl (C=O) groups is 1. The highest BCUT2D eigenvalue weighted by atomic mass is 35.5. The van der Waals surface area contributed by atoms with Crippen molar-refractivity contribution in [3.63, 3.8) is 0 Å². The van der Waals surface area contributed by atoms with Gasteiger partial charge in [-0.2, -0.15) is 0 Å². The lowest BCUT2D eigenvalue weighted by Crippen LogP contribution is -2.26. The number of carbonyl (C=O) groups excluding carboxylic acids is 1. The summed E-state index contributed by atoms with van der Waals surface area (Å²) in [6.45, 7) is 0.488. The van der Waals surface area contributed by atoms with Crippen LogP contribution in [0.5, 0.6) is 5.75 Å². The summed E-state index contributed by atoms with van der Waals surface area (Å²) in [5.74, 6) is 0.800. The molecule has 0 aliphatic heterocycles. The zero-order valence-corrected chi connectivity index (χ0v) is 15.5.